The molecular formula is C15H20N4S. The van der Waals surface area contributed by atoms with Gasteiger partial charge in [0, 0.05) is 18.8 Å². The molecule has 1 saturated heterocycles. The van der Waals surface area contributed by atoms with Crippen LogP contribution in [0.4, 0.5) is 10.8 Å². The number of anilines is 2. The average molecular weight is 288 g/mol. The summed E-state index contributed by atoms with van der Waals surface area (Å²) < 4.78 is 1.10. The Hall–Kier alpha value is -1.36. The molecule has 1 aliphatic carbocycles. The van der Waals surface area contributed by atoms with Gasteiger partial charge in [0.25, 0.3) is 0 Å². The van der Waals surface area contributed by atoms with Gasteiger partial charge in [0.15, 0.2) is 10.8 Å². The zero-order valence-electron chi connectivity index (χ0n) is 11.7. The maximum absolute atomic E-state index is 6.43. The second kappa shape index (κ2) is 4.88. The van der Waals surface area contributed by atoms with Crippen molar-refractivity contribution in [2.75, 3.05) is 23.7 Å². The Kier molecular flexibility index (Phi) is 3.02. The molecule has 0 unspecified atom stereocenters. The zero-order valence-corrected chi connectivity index (χ0v) is 12.5. The lowest BCUT2D eigenvalue weighted by molar-refractivity contribution is 0.709. The first-order valence-corrected chi connectivity index (χ1v) is 8.47. The van der Waals surface area contributed by atoms with Crippen LogP contribution in [0.1, 0.15) is 43.4 Å². The van der Waals surface area contributed by atoms with Crippen molar-refractivity contribution >= 4 is 32.5 Å². The average Bonchev–Trinajstić information content (AvgIpc) is 3.04. The molecule has 0 aromatic carbocycles. The van der Waals surface area contributed by atoms with E-state index >= 15 is 0 Å². The van der Waals surface area contributed by atoms with E-state index in [-0.39, 0.29) is 0 Å². The summed E-state index contributed by atoms with van der Waals surface area (Å²) in [5, 5.41) is 1.11. The van der Waals surface area contributed by atoms with E-state index in [1.165, 1.54) is 43.4 Å². The number of nitrogens with zero attached hydrogens (tertiary/aromatic N) is 3. The van der Waals surface area contributed by atoms with E-state index in [2.05, 4.69) is 4.90 Å². The molecule has 1 fully saturated rings. The van der Waals surface area contributed by atoms with Crippen LogP contribution in [0.2, 0.25) is 0 Å². The number of hydrogen-bond donors (Lipinski definition) is 1. The first-order chi connectivity index (χ1) is 9.83. The molecule has 0 bridgehead atoms. The molecule has 2 aromatic rings. The fourth-order valence-corrected chi connectivity index (χ4v) is 4.38. The van der Waals surface area contributed by atoms with Crippen molar-refractivity contribution in [2.45, 2.75) is 44.9 Å². The number of nitrogen functional groups attached to an aromatic ring is 1. The third-order valence-electron chi connectivity index (χ3n) is 4.47. The van der Waals surface area contributed by atoms with Gasteiger partial charge >= 0.3 is 0 Å². The molecular weight excluding hydrogens is 268 g/mol. The lowest BCUT2D eigenvalue weighted by Crippen LogP contribution is -2.16. The fourth-order valence-electron chi connectivity index (χ4n) is 3.34. The first-order valence-electron chi connectivity index (χ1n) is 7.65. The highest BCUT2D eigenvalue weighted by molar-refractivity contribution is 7.22. The number of fused-ring (bicyclic) bond motifs is 2. The molecule has 2 N–H and O–H groups in total. The van der Waals surface area contributed by atoms with E-state index in [0.717, 1.165) is 47.1 Å². The summed E-state index contributed by atoms with van der Waals surface area (Å²) in [6, 6.07) is 0. The summed E-state index contributed by atoms with van der Waals surface area (Å²) in [7, 11) is 0. The minimum absolute atomic E-state index is 0.870. The van der Waals surface area contributed by atoms with Gasteiger partial charge in [0.1, 0.15) is 0 Å². The Morgan fingerprint density at radius 3 is 2.60 bits per heavy atom. The van der Waals surface area contributed by atoms with Crippen LogP contribution >= 0.6 is 11.3 Å². The standard InChI is InChI=1S/C15H20N4S/c16-12-10-6-2-1-3-7-11(10)17-14-13(12)20-15(18-14)19-8-4-5-9-19/h1-9H2,(H2,16,17). The number of thiazole rings is 1. The number of aryl methyl sites for hydroxylation is 1. The van der Waals surface area contributed by atoms with E-state index < -0.39 is 0 Å². The first kappa shape index (κ1) is 12.4. The Morgan fingerprint density at radius 2 is 1.75 bits per heavy atom. The van der Waals surface area contributed by atoms with Crippen molar-refractivity contribution in [1.82, 2.24) is 9.97 Å². The normalized spacial score (nSPS) is 19.3. The third kappa shape index (κ3) is 1.95. The van der Waals surface area contributed by atoms with Crippen molar-refractivity contribution < 1.29 is 0 Å². The van der Waals surface area contributed by atoms with Gasteiger partial charge in [-0.25, -0.2) is 4.98 Å². The van der Waals surface area contributed by atoms with Crippen molar-refractivity contribution in [1.29, 1.82) is 0 Å². The van der Waals surface area contributed by atoms with Gasteiger partial charge in [-0.05, 0) is 44.1 Å². The molecule has 2 aromatic heterocycles. The highest BCUT2D eigenvalue weighted by atomic mass is 32.1. The summed E-state index contributed by atoms with van der Waals surface area (Å²) in [6.45, 7) is 2.25. The largest absolute Gasteiger partial charge is 0.397 e. The second-order valence-electron chi connectivity index (χ2n) is 5.85. The molecule has 2 aliphatic rings. The van der Waals surface area contributed by atoms with Crippen LogP contribution in [0.5, 0.6) is 0 Å². The SMILES string of the molecule is Nc1c2c(nc3nc(N4CCCC4)sc13)CCCCC2. The van der Waals surface area contributed by atoms with Gasteiger partial charge in [-0.3, -0.25) is 0 Å². The topological polar surface area (TPSA) is 55.0 Å². The molecule has 5 heteroatoms. The summed E-state index contributed by atoms with van der Waals surface area (Å²) in [4.78, 5) is 11.9. The fraction of sp³-hybridized carbons (Fsp3) is 0.600. The molecule has 20 heavy (non-hydrogen) atoms. The number of hydrogen-bond acceptors (Lipinski definition) is 5. The summed E-state index contributed by atoms with van der Waals surface area (Å²) in [5.74, 6) is 0. The van der Waals surface area contributed by atoms with Crippen molar-refractivity contribution in [3.63, 3.8) is 0 Å². The predicted molar refractivity (Wildman–Crippen MR) is 84.5 cm³/mol. The highest BCUT2D eigenvalue weighted by Gasteiger charge is 2.21. The molecule has 0 atom stereocenters. The van der Waals surface area contributed by atoms with Crippen LogP contribution in [0.15, 0.2) is 0 Å². The molecule has 3 heterocycles. The predicted octanol–water partition coefficient (Wildman–Crippen LogP) is 3.14. The van der Waals surface area contributed by atoms with Crippen molar-refractivity contribution in [3.8, 4) is 0 Å². The minimum atomic E-state index is 0.870. The third-order valence-corrected chi connectivity index (χ3v) is 5.61. The van der Waals surface area contributed by atoms with Crippen molar-refractivity contribution in [2.24, 2.45) is 0 Å². The number of rotatable bonds is 1. The highest BCUT2D eigenvalue weighted by Crippen LogP contribution is 2.37. The monoisotopic (exact) mass is 288 g/mol. The van der Waals surface area contributed by atoms with E-state index in [9.17, 15) is 0 Å². The number of nitrogens with two attached hydrogens (primary N) is 1. The van der Waals surface area contributed by atoms with Gasteiger partial charge in [-0.2, -0.15) is 4.98 Å². The maximum Gasteiger partial charge on any atom is 0.188 e. The van der Waals surface area contributed by atoms with Gasteiger partial charge in [-0.15, -0.1) is 0 Å². The second-order valence-corrected chi connectivity index (χ2v) is 6.83. The zero-order chi connectivity index (χ0) is 13.5. The number of pyridine rings is 1. The van der Waals surface area contributed by atoms with Crippen LogP contribution in [-0.2, 0) is 12.8 Å². The maximum atomic E-state index is 6.43. The summed E-state index contributed by atoms with van der Waals surface area (Å²) >= 11 is 1.73. The van der Waals surface area contributed by atoms with E-state index in [4.69, 9.17) is 15.7 Å². The molecule has 4 nitrogen and oxygen atoms in total. The van der Waals surface area contributed by atoms with Crippen LogP contribution in [0.25, 0.3) is 10.3 Å². The van der Waals surface area contributed by atoms with Crippen molar-refractivity contribution in [3.05, 3.63) is 11.3 Å². The van der Waals surface area contributed by atoms with Gasteiger partial charge in [-0.1, -0.05) is 17.8 Å². The summed E-state index contributed by atoms with van der Waals surface area (Å²) in [6.07, 6.45) is 8.45. The van der Waals surface area contributed by atoms with E-state index in [0.29, 0.717) is 0 Å². The van der Waals surface area contributed by atoms with Crippen LogP contribution in [-0.4, -0.2) is 23.1 Å². The Bertz CT molecular complexity index is 643. The van der Waals surface area contributed by atoms with E-state index in [1.807, 2.05) is 0 Å². The Morgan fingerprint density at radius 1 is 0.950 bits per heavy atom. The Balaban J connectivity index is 1.83. The van der Waals surface area contributed by atoms with Gasteiger partial charge in [0.2, 0.25) is 0 Å². The van der Waals surface area contributed by atoms with Crippen LogP contribution in [0, 0.1) is 0 Å². The van der Waals surface area contributed by atoms with Gasteiger partial charge < -0.3 is 10.6 Å². The Labute approximate surface area is 123 Å². The minimum Gasteiger partial charge on any atom is -0.397 e. The molecule has 106 valence electrons. The summed E-state index contributed by atoms with van der Waals surface area (Å²) in [5.41, 5.74) is 10.8. The molecule has 4 rings (SSSR count). The number of aromatic nitrogens is 2. The molecule has 0 amide bonds. The molecule has 0 saturated carbocycles. The molecule has 0 spiro atoms. The van der Waals surface area contributed by atoms with Crippen LogP contribution < -0.4 is 10.6 Å². The van der Waals surface area contributed by atoms with Crippen LogP contribution in [0.3, 0.4) is 0 Å². The van der Waals surface area contributed by atoms with Gasteiger partial charge in [0.05, 0.1) is 10.4 Å². The molecule has 1 aliphatic heterocycles. The quantitative estimate of drug-likeness (QED) is 0.819. The smallest absolute Gasteiger partial charge is 0.188 e. The van der Waals surface area contributed by atoms with E-state index in [1.54, 1.807) is 11.3 Å². The lowest BCUT2D eigenvalue weighted by Gasteiger charge is -2.11. The lowest BCUT2D eigenvalue weighted by atomic mass is 10.1. The molecule has 0 radical (unpaired) electrons.